The zero-order chi connectivity index (χ0) is 5.82. The van der Waals surface area contributed by atoms with E-state index >= 15 is 0 Å². The van der Waals surface area contributed by atoms with E-state index < -0.39 is 0 Å². The SMILES string of the molecule is ON=C=C1CCCC1. The van der Waals surface area contributed by atoms with Crippen molar-refractivity contribution in [2.24, 2.45) is 5.16 Å². The van der Waals surface area contributed by atoms with Gasteiger partial charge in [-0.05, 0) is 36.4 Å². The predicted molar refractivity (Wildman–Crippen MR) is 31.2 cm³/mol. The molecule has 1 rings (SSSR count). The summed E-state index contributed by atoms with van der Waals surface area (Å²) >= 11 is 0. The molecule has 0 aromatic heterocycles. The van der Waals surface area contributed by atoms with E-state index in [1.165, 1.54) is 12.8 Å². The maximum absolute atomic E-state index is 8.02. The average Bonchev–Trinajstić information content (AvgIpc) is 2.19. The summed E-state index contributed by atoms with van der Waals surface area (Å²) in [5.41, 5.74) is 1.16. The molecule has 0 aromatic carbocycles. The van der Waals surface area contributed by atoms with Crippen LogP contribution in [0.5, 0.6) is 0 Å². The van der Waals surface area contributed by atoms with Crippen molar-refractivity contribution < 1.29 is 5.21 Å². The van der Waals surface area contributed by atoms with Crippen molar-refractivity contribution in [3.8, 4) is 0 Å². The summed E-state index contributed by atoms with van der Waals surface area (Å²) in [5.74, 6) is 2.54. The molecule has 0 radical (unpaired) electrons. The molecule has 1 aliphatic carbocycles. The normalized spacial score (nSPS) is 18.2. The van der Waals surface area contributed by atoms with Gasteiger partial charge in [-0.25, -0.2) is 0 Å². The lowest BCUT2D eigenvalue weighted by Gasteiger charge is -1.80. The summed E-state index contributed by atoms with van der Waals surface area (Å²) in [6, 6.07) is 0. The smallest absolute Gasteiger partial charge is 0.0274 e. The number of hydrogen-bond donors (Lipinski definition) is 1. The molecule has 2 nitrogen and oxygen atoms in total. The summed E-state index contributed by atoms with van der Waals surface area (Å²) in [6.45, 7) is 0. The second kappa shape index (κ2) is 2.53. The van der Waals surface area contributed by atoms with Gasteiger partial charge in [-0.1, -0.05) is 0 Å². The first-order chi connectivity index (χ1) is 3.93. The maximum atomic E-state index is 8.02. The molecule has 0 aromatic rings. The predicted octanol–water partition coefficient (Wildman–Crippen LogP) is 1.55. The molecule has 0 bridgehead atoms. The third-order valence-electron chi connectivity index (χ3n) is 1.42. The summed E-state index contributed by atoms with van der Waals surface area (Å²) in [5, 5.41) is 10.9. The second-order valence-corrected chi connectivity index (χ2v) is 2.02. The molecule has 0 heterocycles. The third-order valence-corrected chi connectivity index (χ3v) is 1.42. The van der Waals surface area contributed by atoms with Gasteiger partial charge in [0, 0.05) is 5.87 Å². The van der Waals surface area contributed by atoms with Crippen LogP contribution in [0.2, 0.25) is 0 Å². The molecular formula is C6H9NO. The minimum atomic E-state index is 1.07. The maximum Gasteiger partial charge on any atom is 0.0274 e. The van der Waals surface area contributed by atoms with Gasteiger partial charge in [0.1, 0.15) is 0 Å². The van der Waals surface area contributed by atoms with Crippen molar-refractivity contribution in [3.63, 3.8) is 0 Å². The summed E-state index contributed by atoms with van der Waals surface area (Å²) in [7, 11) is 0. The molecule has 44 valence electrons. The van der Waals surface area contributed by atoms with Gasteiger partial charge in [0.25, 0.3) is 0 Å². The van der Waals surface area contributed by atoms with E-state index in [2.05, 4.69) is 11.0 Å². The van der Waals surface area contributed by atoms with E-state index in [1.807, 2.05) is 0 Å². The Hall–Kier alpha value is -0.750. The molecule has 0 aliphatic heterocycles. The Balaban J connectivity index is 2.58. The Labute approximate surface area is 48.5 Å². The van der Waals surface area contributed by atoms with Crippen LogP contribution in [-0.2, 0) is 0 Å². The van der Waals surface area contributed by atoms with Gasteiger partial charge in [0.15, 0.2) is 0 Å². The van der Waals surface area contributed by atoms with Crippen LogP contribution < -0.4 is 0 Å². The van der Waals surface area contributed by atoms with Crippen LogP contribution in [0.4, 0.5) is 0 Å². The lowest BCUT2D eigenvalue weighted by Crippen LogP contribution is -1.69. The van der Waals surface area contributed by atoms with Gasteiger partial charge in [-0.3, -0.25) is 0 Å². The Bertz CT molecular complexity index is 125. The van der Waals surface area contributed by atoms with Gasteiger partial charge >= 0.3 is 0 Å². The highest BCUT2D eigenvalue weighted by atomic mass is 16.4. The van der Waals surface area contributed by atoms with Gasteiger partial charge in [0.2, 0.25) is 0 Å². The average molecular weight is 111 g/mol. The molecule has 0 unspecified atom stereocenters. The molecule has 2 heteroatoms. The largest absolute Gasteiger partial charge is 0.404 e. The molecule has 1 fully saturated rings. The fourth-order valence-electron chi connectivity index (χ4n) is 0.984. The number of rotatable bonds is 0. The Kier molecular flexibility index (Phi) is 1.70. The van der Waals surface area contributed by atoms with Crippen LogP contribution in [0.1, 0.15) is 25.7 Å². The minimum Gasteiger partial charge on any atom is -0.404 e. The Morgan fingerprint density at radius 2 is 2.00 bits per heavy atom. The zero-order valence-electron chi connectivity index (χ0n) is 4.72. The van der Waals surface area contributed by atoms with Crippen LogP contribution in [0.25, 0.3) is 0 Å². The van der Waals surface area contributed by atoms with E-state index in [4.69, 9.17) is 5.21 Å². The van der Waals surface area contributed by atoms with E-state index in [0.717, 1.165) is 18.4 Å². The number of allylic oxidation sites excluding steroid dienone is 1. The van der Waals surface area contributed by atoms with Crippen molar-refractivity contribution in [2.75, 3.05) is 0 Å². The van der Waals surface area contributed by atoms with Crippen LogP contribution in [0, 0.1) is 0 Å². The van der Waals surface area contributed by atoms with Gasteiger partial charge < -0.3 is 5.21 Å². The van der Waals surface area contributed by atoms with Crippen molar-refractivity contribution in [1.29, 1.82) is 0 Å². The highest BCUT2D eigenvalue weighted by Crippen LogP contribution is 2.20. The standard InChI is InChI=1S/C6H9NO/c8-7-5-6-3-1-2-4-6/h8H,1-4H2. The van der Waals surface area contributed by atoms with E-state index in [9.17, 15) is 0 Å². The van der Waals surface area contributed by atoms with Crippen LogP contribution >= 0.6 is 0 Å². The van der Waals surface area contributed by atoms with Crippen molar-refractivity contribution in [2.45, 2.75) is 25.7 Å². The van der Waals surface area contributed by atoms with E-state index in [-0.39, 0.29) is 0 Å². The third kappa shape index (κ3) is 1.11. The first-order valence-corrected chi connectivity index (χ1v) is 2.88. The molecule has 1 aliphatic rings. The first kappa shape index (κ1) is 5.39. The summed E-state index contributed by atoms with van der Waals surface area (Å²) in [6.07, 6.45) is 4.61. The lowest BCUT2D eigenvalue weighted by molar-refractivity contribution is 0.322. The van der Waals surface area contributed by atoms with Gasteiger partial charge in [-0.15, -0.1) is 0 Å². The van der Waals surface area contributed by atoms with Crippen molar-refractivity contribution in [1.82, 2.24) is 0 Å². The van der Waals surface area contributed by atoms with E-state index in [0.29, 0.717) is 0 Å². The molecule has 8 heavy (non-hydrogen) atoms. The van der Waals surface area contributed by atoms with Gasteiger partial charge in [-0.2, -0.15) is 0 Å². The monoisotopic (exact) mass is 111 g/mol. The number of hydrogen-bond acceptors (Lipinski definition) is 2. The fraction of sp³-hybridized carbons (Fsp3) is 0.667. The minimum absolute atomic E-state index is 1.07. The molecule has 1 N–H and O–H groups in total. The Morgan fingerprint density at radius 3 is 2.50 bits per heavy atom. The molecule has 0 spiro atoms. The molecule has 0 amide bonds. The fourth-order valence-corrected chi connectivity index (χ4v) is 0.984. The second-order valence-electron chi connectivity index (χ2n) is 2.02. The molecule has 0 saturated heterocycles. The highest BCUT2D eigenvalue weighted by molar-refractivity contribution is 5.57. The summed E-state index contributed by atoms with van der Waals surface area (Å²) in [4.78, 5) is 0. The van der Waals surface area contributed by atoms with Gasteiger partial charge in [0.05, 0.1) is 0 Å². The first-order valence-electron chi connectivity index (χ1n) is 2.88. The van der Waals surface area contributed by atoms with Crippen LogP contribution in [0.3, 0.4) is 0 Å². The van der Waals surface area contributed by atoms with Crippen molar-refractivity contribution in [3.05, 3.63) is 5.57 Å². The quantitative estimate of drug-likeness (QED) is 0.287. The summed E-state index contributed by atoms with van der Waals surface area (Å²) < 4.78 is 0. The topological polar surface area (TPSA) is 32.6 Å². The molecule has 0 atom stereocenters. The Morgan fingerprint density at radius 1 is 1.38 bits per heavy atom. The molecular weight excluding hydrogens is 102 g/mol. The lowest BCUT2D eigenvalue weighted by atomic mass is 10.3. The molecule has 1 saturated carbocycles. The van der Waals surface area contributed by atoms with Crippen LogP contribution in [0.15, 0.2) is 10.7 Å². The highest BCUT2D eigenvalue weighted by Gasteiger charge is 2.04. The van der Waals surface area contributed by atoms with E-state index in [1.54, 1.807) is 0 Å². The van der Waals surface area contributed by atoms with Crippen LogP contribution in [-0.4, -0.2) is 11.1 Å². The zero-order valence-corrected chi connectivity index (χ0v) is 4.72. The van der Waals surface area contributed by atoms with Crippen molar-refractivity contribution >= 4 is 5.87 Å². The number of nitrogens with zero attached hydrogens (tertiary/aromatic N) is 1.